The molecule has 3 heteroatoms. The van der Waals surface area contributed by atoms with Crippen LogP contribution >= 0.6 is 7.92 Å². The van der Waals surface area contributed by atoms with Crippen molar-refractivity contribution in [3.63, 3.8) is 0 Å². The minimum atomic E-state index is -0.446. The van der Waals surface area contributed by atoms with Gasteiger partial charge in [0.25, 0.3) is 0 Å². The van der Waals surface area contributed by atoms with Gasteiger partial charge in [-0.05, 0) is 23.8 Å². The van der Waals surface area contributed by atoms with Gasteiger partial charge in [-0.1, -0.05) is 91.0 Å². The molecule has 0 fully saturated rings. The van der Waals surface area contributed by atoms with Crippen LogP contribution in [0.4, 0.5) is 0 Å². The molecule has 0 saturated heterocycles. The molecule has 0 heterocycles. The van der Waals surface area contributed by atoms with Crippen LogP contribution in [0, 0.1) is 0 Å². The van der Waals surface area contributed by atoms with Crippen LogP contribution in [0.2, 0.25) is 0 Å². The Bertz CT molecular complexity index is 535. The summed E-state index contributed by atoms with van der Waals surface area (Å²) < 4.78 is 0. The molecule has 3 radical (unpaired) electrons. The Morgan fingerprint density at radius 1 is 0.429 bits per heavy atom. The molecule has 0 saturated carbocycles. The average Bonchev–Trinajstić information content (AvgIpc) is 2.51. The number of hydrogen-bond acceptors (Lipinski definition) is 0. The first-order chi connectivity index (χ1) is 9.45. The molecule has 3 aromatic rings. The molecule has 3 aromatic carbocycles. The summed E-state index contributed by atoms with van der Waals surface area (Å²) >= 11 is 0. The van der Waals surface area contributed by atoms with Crippen molar-refractivity contribution < 1.29 is 16.5 Å². The normalized spacial score (nSPS) is 9.57. The van der Waals surface area contributed by atoms with Gasteiger partial charge in [0.15, 0.2) is 0 Å². The van der Waals surface area contributed by atoms with E-state index in [1.54, 1.807) is 0 Å². The Hall–Kier alpha value is -0.533. The van der Waals surface area contributed by atoms with Crippen molar-refractivity contribution in [3.8, 4) is 0 Å². The second-order valence-electron chi connectivity index (χ2n) is 4.34. The zero-order valence-electron chi connectivity index (χ0n) is 11.4. The van der Waals surface area contributed by atoms with Crippen LogP contribution in [0.1, 0.15) is 0 Å². The van der Waals surface area contributed by atoms with Gasteiger partial charge in [-0.2, -0.15) is 0 Å². The van der Waals surface area contributed by atoms with Crippen molar-refractivity contribution in [3.05, 3.63) is 91.0 Å². The summed E-state index contributed by atoms with van der Waals surface area (Å²) in [7, 11) is -0.446. The van der Waals surface area contributed by atoms with Crippen LogP contribution in [0.15, 0.2) is 91.0 Å². The van der Waals surface area contributed by atoms with E-state index in [4.69, 9.17) is 0 Å². The fraction of sp³-hybridized carbons (Fsp3) is 0. The van der Waals surface area contributed by atoms with E-state index in [0.717, 1.165) is 0 Å². The zero-order valence-corrected chi connectivity index (χ0v) is 16.7. The molecule has 0 amide bonds. The van der Waals surface area contributed by atoms with Crippen LogP contribution in [0.5, 0.6) is 0 Å². The summed E-state index contributed by atoms with van der Waals surface area (Å²) in [4.78, 5) is 0. The smallest absolute Gasteiger partial charge is 0 e. The van der Waals surface area contributed by atoms with Crippen molar-refractivity contribution >= 4 is 50.0 Å². The van der Waals surface area contributed by atoms with Crippen molar-refractivity contribution in [2.24, 2.45) is 0 Å². The summed E-state index contributed by atoms with van der Waals surface area (Å²) in [6.45, 7) is 0. The maximum atomic E-state index is 2.23. The van der Waals surface area contributed by atoms with E-state index in [9.17, 15) is 0 Å². The second-order valence-corrected chi connectivity index (χ2v) is 6.56. The quantitative estimate of drug-likeness (QED) is 0.361. The van der Waals surface area contributed by atoms with Crippen molar-refractivity contribution in [2.45, 2.75) is 0 Å². The molecule has 0 aliphatic carbocycles. The van der Waals surface area contributed by atoms with Crippen LogP contribution in [0.3, 0.4) is 0 Å². The Morgan fingerprint density at radius 3 is 0.905 bits per heavy atom. The van der Waals surface area contributed by atoms with Gasteiger partial charge in [0.1, 0.15) is 0 Å². The fourth-order valence-corrected chi connectivity index (χ4v) is 4.48. The maximum Gasteiger partial charge on any atom is 0 e. The molecule has 0 aliphatic rings. The predicted molar refractivity (Wildman–Crippen MR) is 90.9 cm³/mol. The molecule has 21 heavy (non-hydrogen) atoms. The Balaban J connectivity index is 0.00000110. The molecule has 0 aromatic heterocycles. The third-order valence-electron chi connectivity index (χ3n) is 3.04. The summed E-state index contributed by atoms with van der Waals surface area (Å²) in [6, 6.07) is 32.3. The molecular formula is C18H15BiNiP. The van der Waals surface area contributed by atoms with Gasteiger partial charge >= 0.3 is 0 Å². The number of rotatable bonds is 3. The van der Waals surface area contributed by atoms with Crippen LogP contribution in [-0.2, 0) is 16.5 Å². The average molecular weight is 530 g/mol. The van der Waals surface area contributed by atoms with Gasteiger partial charge in [-0.3, -0.25) is 0 Å². The van der Waals surface area contributed by atoms with Crippen molar-refractivity contribution in [1.82, 2.24) is 0 Å². The first kappa shape index (κ1) is 18.5. The van der Waals surface area contributed by atoms with Gasteiger partial charge < -0.3 is 0 Å². The first-order valence-electron chi connectivity index (χ1n) is 6.40. The molecule has 0 N–H and O–H groups in total. The fourth-order valence-electron chi connectivity index (χ4n) is 2.18. The summed E-state index contributed by atoms with van der Waals surface area (Å²) in [5.41, 5.74) is 0. The Morgan fingerprint density at radius 2 is 0.667 bits per heavy atom. The molecule has 107 valence electrons. The minimum Gasteiger partial charge on any atom is -0.0622 e. The topological polar surface area (TPSA) is 0 Å². The third-order valence-corrected chi connectivity index (χ3v) is 5.49. The van der Waals surface area contributed by atoms with Crippen molar-refractivity contribution in [2.75, 3.05) is 0 Å². The zero-order chi connectivity index (χ0) is 12.9. The second kappa shape index (κ2) is 9.48. The van der Waals surface area contributed by atoms with E-state index in [-0.39, 0.29) is 42.7 Å². The maximum absolute atomic E-state index is 2.23. The van der Waals surface area contributed by atoms with Gasteiger partial charge in [-0.25, -0.2) is 0 Å². The minimum absolute atomic E-state index is 0. The van der Waals surface area contributed by atoms with E-state index >= 15 is 0 Å². The van der Waals surface area contributed by atoms with Gasteiger partial charge in [0, 0.05) is 42.7 Å². The summed E-state index contributed by atoms with van der Waals surface area (Å²) in [6.07, 6.45) is 0. The Labute approximate surface area is 156 Å². The van der Waals surface area contributed by atoms with E-state index < -0.39 is 7.92 Å². The summed E-state index contributed by atoms with van der Waals surface area (Å²) in [5.74, 6) is 0. The SMILES string of the molecule is [Bi].[Ni].c1ccc(P(c2ccccc2)c2ccccc2)cc1. The number of hydrogen-bond donors (Lipinski definition) is 0. The molecule has 0 aliphatic heterocycles. The largest absolute Gasteiger partial charge is 0.0622 e. The third kappa shape index (κ3) is 4.72. The predicted octanol–water partition coefficient (Wildman–Crippen LogP) is 3.06. The molecule has 0 bridgehead atoms. The molecule has 3 rings (SSSR count). The molecule has 0 spiro atoms. The van der Waals surface area contributed by atoms with E-state index in [2.05, 4.69) is 91.0 Å². The van der Waals surface area contributed by atoms with E-state index in [1.165, 1.54) is 15.9 Å². The molecular weight excluding hydrogens is 515 g/mol. The standard InChI is InChI=1S/C18H15P.Bi.Ni/c1-4-10-16(11-5-1)19(17-12-6-2-7-13-17)18-14-8-3-9-15-18;;/h1-15H;;. The van der Waals surface area contributed by atoms with Crippen LogP contribution in [0.25, 0.3) is 0 Å². The van der Waals surface area contributed by atoms with Gasteiger partial charge in [0.2, 0.25) is 0 Å². The molecule has 0 atom stereocenters. The molecule has 0 unspecified atom stereocenters. The van der Waals surface area contributed by atoms with E-state index in [1.807, 2.05) is 0 Å². The van der Waals surface area contributed by atoms with Crippen molar-refractivity contribution in [1.29, 1.82) is 0 Å². The summed E-state index contributed by atoms with van der Waals surface area (Å²) in [5, 5.41) is 4.19. The van der Waals surface area contributed by atoms with Gasteiger partial charge in [-0.15, -0.1) is 0 Å². The van der Waals surface area contributed by atoms with E-state index in [0.29, 0.717) is 0 Å². The van der Waals surface area contributed by atoms with Crippen LogP contribution in [-0.4, -0.2) is 26.2 Å². The molecule has 0 nitrogen and oxygen atoms in total. The first-order valence-corrected chi connectivity index (χ1v) is 7.74. The van der Waals surface area contributed by atoms with Gasteiger partial charge in [0.05, 0.1) is 0 Å². The van der Waals surface area contributed by atoms with Crippen LogP contribution < -0.4 is 15.9 Å². The Kier molecular flexibility index (Phi) is 8.36. The monoisotopic (exact) mass is 529 g/mol. The number of benzene rings is 3.